The van der Waals surface area contributed by atoms with Gasteiger partial charge in [0.25, 0.3) is 0 Å². The highest BCUT2D eigenvalue weighted by molar-refractivity contribution is 5.94. The highest BCUT2D eigenvalue weighted by Gasteiger charge is 2.23. The van der Waals surface area contributed by atoms with E-state index in [-0.39, 0.29) is 24.2 Å². The van der Waals surface area contributed by atoms with E-state index in [4.69, 9.17) is 0 Å². The Hall–Kier alpha value is -2.89. The lowest BCUT2D eigenvalue weighted by atomic mass is 10.1. The van der Waals surface area contributed by atoms with Crippen LogP contribution in [0.3, 0.4) is 0 Å². The summed E-state index contributed by atoms with van der Waals surface area (Å²) < 4.78 is 12.9. The molecule has 0 aliphatic carbocycles. The Kier molecular flexibility index (Phi) is 4.97. The van der Waals surface area contributed by atoms with Gasteiger partial charge in [-0.15, -0.1) is 0 Å². The third-order valence-electron chi connectivity index (χ3n) is 4.17. The largest absolute Gasteiger partial charge is 0.327 e. The van der Waals surface area contributed by atoms with Crippen molar-refractivity contribution in [3.63, 3.8) is 0 Å². The Morgan fingerprint density at radius 1 is 1.08 bits per heavy atom. The normalized spacial score (nSPS) is 14.6. The zero-order valence-electron chi connectivity index (χ0n) is 14.0. The van der Waals surface area contributed by atoms with E-state index >= 15 is 0 Å². The first-order chi connectivity index (χ1) is 12.0. The zero-order chi connectivity index (χ0) is 17.8. The third-order valence-corrected chi connectivity index (χ3v) is 4.17. The molecule has 0 atom stereocenters. The van der Waals surface area contributed by atoms with Gasteiger partial charge in [0.1, 0.15) is 5.82 Å². The minimum Gasteiger partial charge on any atom is -0.327 e. The molecule has 2 aromatic rings. The quantitative estimate of drug-likeness (QED) is 0.928. The van der Waals surface area contributed by atoms with Gasteiger partial charge in [-0.3, -0.25) is 9.69 Å². The number of nitrogens with zero attached hydrogens (tertiary/aromatic N) is 2. The van der Waals surface area contributed by atoms with Crippen molar-refractivity contribution in [1.29, 1.82) is 0 Å². The Balaban J connectivity index is 1.61. The number of benzene rings is 2. The SMILES string of the molecule is CN1CCCN(c2ccc(NC(=O)Cc3ccc(F)cc3)cc2)C1=O. The average molecular weight is 341 g/mol. The summed E-state index contributed by atoms with van der Waals surface area (Å²) in [6.07, 6.45) is 1.11. The van der Waals surface area contributed by atoms with Crippen LogP contribution >= 0.6 is 0 Å². The van der Waals surface area contributed by atoms with Crippen molar-refractivity contribution >= 4 is 23.3 Å². The van der Waals surface area contributed by atoms with Gasteiger partial charge in [0, 0.05) is 31.5 Å². The van der Waals surface area contributed by atoms with Crippen molar-refractivity contribution in [2.24, 2.45) is 0 Å². The molecule has 3 rings (SSSR count). The molecular formula is C19H20FN3O2. The number of carbonyl (C=O) groups is 2. The Morgan fingerprint density at radius 2 is 1.76 bits per heavy atom. The molecule has 1 saturated heterocycles. The van der Waals surface area contributed by atoms with Crippen LogP contribution in [0.15, 0.2) is 48.5 Å². The highest BCUT2D eigenvalue weighted by atomic mass is 19.1. The lowest BCUT2D eigenvalue weighted by molar-refractivity contribution is -0.115. The van der Waals surface area contributed by atoms with Gasteiger partial charge >= 0.3 is 6.03 Å². The van der Waals surface area contributed by atoms with Crippen LogP contribution in [0.5, 0.6) is 0 Å². The van der Waals surface area contributed by atoms with E-state index in [0.717, 1.165) is 24.2 Å². The van der Waals surface area contributed by atoms with Crippen molar-refractivity contribution in [2.75, 3.05) is 30.4 Å². The zero-order valence-corrected chi connectivity index (χ0v) is 14.0. The van der Waals surface area contributed by atoms with Gasteiger partial charge in [0.2, 0.25) is 5.91 Å². The van der Waals surface area contributed by atoms with Gasteiger partial charge in [0.05, 0.1) is 6.42 Å². The predicted octanol–water partition coefficient (Wildman–Crippen LogP) is 3.27. The van der Waals surface area contributed by atoms with Gasteiger partial charge in [0.15, 0.2) is 0 Å². The first-order valence-corrected chi connectivity index (χ1v) is 8.20. The Labute approximate surface area is 146 Å². The highest BCUT2D eigenvalue weighted by Crippen LogP contribution is 2.21. The summed E-state index contributed by atoms with van der Waals surface area (Å²) in [6, 6.07) is 13.1. The van der Waals surface area contributed by atoms with Crippen LogP contribution in [0.2, 0.25) is 0 Å². The molecule has 25 heavy (non-hydrogen) atoms. The van der Waals surface area contributed by atoms with Gasteiger partial charge < -0.3 is 10.2 Å². The first kappa shape index (κ1) is 17.0. The molecule has 1 heterocycles. The molecule has 1 N–H and O–H groups in total. The molecule has 130 valence electrons. The maximum absolute atomic E-state index is 12.9. The molecule has 0 aromatic heterocycles. The summed E-state index contributed by atoms with van der Waals surface area (Å²) in [7, 11) is 1.79. The van der Waals surface area contributed by atoms with Crippen LogP contribution < -0.4 is 10.2 Å². The molecule has 3 amide bonds. The third kappa shape index (κ3) is 4.15. The maximum Gasteiger partial charge on any atom is 0.324 e. The standard InChI is InChI=1S/C19H20FN3O2/c1-22-11-2-12-23(19(22)25)17-9-7-16(8-10-17)21-18(24)13-14-3-5-15(20)6-4-14/h3-10H,2,11-13H2,1H3,(H,21,24). The van der Waals surface area contributed by atoms with Gasteiger partial charge in [-0.1, -0.05) is 12.1 Å². The molecule has 2 aromatic carbocycles. The van der Waals surface area contributed by atoms with E-state index in [2.05, 4.69) is 5.32 Å². The molecule has 1 aliphatic rings. The van der Waals surface area contributed by atoms with Gasteiger partial charge in [-0.25, -0.2) is 9.18 Å². The Bertz CT molecular complexity index is 759. The summed E-state index contributed by atoms with van der Waals surface area (Å²) in [4.78, 5) is 27.7. The molecule has 1 aliphatic heterocycles. The number of amides is 3. The number of hydrogen-bond donors (Lipinski definition) is 1. The Morgan fingerprint density at radius 3 is 2.44 bits per heavy atom. The van der Waals surface area contributed by atoms with E-state index in [1.807, 2.05) is 12.1 Å². The van der Waals surface area contributed by atoms with Crippen LogP contribution in [0, 0.1) is 5.82 Å². The molecule has 0 spiro atoms. The van der Waals surface area contributed by atoms with Crippen molar-refractivity contribution < 1.29 is 14.0 Å². The first-order valence-electron chi connectivity index (χ1n) is 8.20. The number of hydrogen-bond acceptors (Lipinski definition) is 2. The van der Waals surface area contributed by atoms with Crippen LogP contribution in [-0.4, -0.2) is 37.0 Å². The predicted molar refractivity (Wildman–Crippen MR) is 95.2 cm³/mol. The lowest BCUT2D eigenvalue weighted by Crippen LogP contribution is -2.47. The maximum atomic E-state index is 12.9. The van der Waals surface area contributed by atoms with E-state index in [0.29, 0.717) is 12.2 Å². The molecule has 1 fully saturated rings. The molecule has 0 bridgehead atoms. The molecule has 0 saturated carbocycles. The number of halogens is 1. The minimum atomic E-state index is -0.322. The van der Waals surface area contributed by atoms with E-state index in [9.17, 15) is 14.0 Å². The van der Waals surface area contributed by atoms with Crippen molar-refractivity contribution in [3.05, 3.63) is 59.9 Å². The van der Waals surface area contributed by atoms with E-state index < -0.39 is 0 Å². The summed E-state index contributed by atoms with van der Waals surface area (Å²) >= 11 is 0. The number of rotatable bonds is 4. The summed E-state index contributed by atoms with van der Waals surface area (Å²) in [6.45, 7) is 1.46. The van der Waals surface area contributed by atoms with E-state index in [1.54, 1.807) is 41.1 Å². The number of carbonyl (C=O) groups excluding carboxylic acids is 2. The van der Waals surface area contributed by atoms with Crippen LogP contribution in [-0.2, 0) is 11.2 Å². The lowest BCUT2D eigenvalue weighted by Gasteiger charge is -2.33. The van der Waals surface area contributed by atoms with Crippen LogP contribution in [0.25, 0.3) is 0 Å². The number of anilines is 2. The second-order valence-electron chi connectivity index (χ2n) is 6.11. The fraction of sp³-hybridized carbons (Fsp3) is 0.263. The van der Waals surface area contributed by atoms with Crippen LogP contribution in [0.1, 0.15) is 12.0 Å². The number of nitrogens with one attached hydrogen (secondary N) is 1. The fourth-order valence-electron chi connectivity index (χ4n) is 2.82. The van der Waals surface area contributed by atoms with Crippen molar-refractivity contribution in [2.45, 2.75) is 12.8 Å². The topological polar surface area (TPSA) is 52.6 Å². The molecule has 6 heteroatoms. The van der Waals surface area contributed by atoms with Crippen molar-refractivity contribution in [1.82, 2.24) is 4.90 Å². The average Bonchev–Trinajstić information content (AvgIpc) is 2.60. The van der Waals surface area contributed by atoms with Crippen LogP contribution in [0.4, 0.5) is 20.6 Å². The monoisotopic (exact) mass is 341 g/mol. The molecule has 5 nitrogen and oxygen atoms in total. The van der Waals surface area contributed by atoms with Gasteiger partial charge in [-0.05, 0) is 48.4 Å². The van der Waals surface area contributed by atoms with Gasteiger partial charge in [-0.2, -0.15) is 0 Å². The second-order valence-corrected chi connectivity index (χ2v) is 6.11. The van der Waals surface area contributed by atoms with Crippen molar-refractivity contribution in [3.8, 4) is 0 Å². The number of urea groups is 1. The summed E-state index contributed by atoms with van der Waals surface area (Å²) in [5.74, 6) is -0.495. The van der Waals surface area contributed by atoms with E-state index in [1.165, 1.54) is 12.1 Å². The summed E-state index contributed by atoms with van der Waals surface area (Å²) in [5, 5.41) is 2.81. The molecule has 0 unspecified atom stereocenters. The summed E-state index contributed by atoms with van der Waals surface area (Å²) in [5.41, 5.74) is 2.22. The fourth-order valence-corrected chi connectivity index (χ4v) is 2.82. The second kappa shape index (κ2) is 7.34. The minimum absolute atomic E-state index is 0.0145. The molecular weight excluding hydrogens is 321 g/mol. The smallest absolute Gasteiger partial charge is 0.324 e. The molecule has 0 radical (unpaired) electrons.